The van der Waals surface area contributed by atoms with Crippen molar-refractivity contribution in [2.75, 3.05) is 6.54 Å². The third-order valence-corrected chi connectivity index (χ3v) is 3.75. The van der Waals surface area contributed by atoms with Crippen LogP contribution < -0.4 is 5.73 Å². The average molecular weight is 249 g/mol. The maximum Gasteiger partial charge on any atom is 0.0675 e. The van der Waals surface area contributed by atoms with Gasteiger partial charge < -0.3 is 5.73 Å². The number of likely N-dealkylation sites (N-methyl/N-ethyl adjacent to an activating group) is 1. The molecule has 0 aliphatic carbocycles. The SMILES string of the molecule is CCC(N)C(c1ccccn1)N(CC)C(C)CC. The van der Waals surface area contributed by atoms with E-state index in [2.05, 4.69) is 43.6 Å². The van der Waals surface area contributed by atoms with Crippen LogP contribution in [0.3, 0.4) is 0 Å². The van der Waals surface area contributed by atoms with Crippen LogP contribution in [-0.4, -0.2) is 28.5 Å². The number of pyridine rings is 1. The van der Waals surface area contributed by atoms with Gasteiger partial charge in [-0.1, -0.05) is 26.8 Å². The Hall–Kier alpha value is -0.930. The van der Waals surface area contributed by atoms with E-state index < -0.39 is 0 Å². The van der Waals surface area contributed by atoms with E-state index in [0.29, 0.717) is 6.04 Å². The van der Waals surface area contributed by atoms with Crippen molar-refractivity contribution >= 4 is 0 Å². The molecule has 1 aromatic heterocycles. The third kappa shape index (κ3) is 3.53. The number of aromatic nitrogens is 1. The molecule has 0 aromatic carbocycles. The van der Waals surface area contributed by atoms with Crippen LogP contribution in [0, 0.1) is 0 Å². The Morgan fingerprint density at radius 2 is 1.94 bits per heavy atom. The summed E-state index contributed by atoms with van der Waals surface area (Å²) in [6, 6.07) is 6.97. The molecule has 1 heterocycles. The smallest absolute Gasteiger partial charge is 0.0675 e. The molecule has 1 aromatic rings. The van der Waals surface area contributed by atoms with Crippen molar-refractivity contribution < 1.29 is 0 Å². The van der Waals surface area contributed by atoms with Gasteiger partial charge in [0, 0.05) is 18.3 Å². The van der Waals surface area contributed by atoms with E-state index in [4.69, 9.17) is 5.73 Å². The van der Waals surface area contributed by atoms with E-state index in [1.54, 1.807) is 0 Å². The van der Waals surface area contributed by atoms with Gasteiger partial charge in [0.15, 0.2) is 0 Å². The van der Waals surface area contributed by atoms with Gasteiger partial charge in [-0.25, -0.2) is 0 Å². The van der Waals surface area contributed by atoms with Crippen LogP contribution in [0.4, 0.5) is 0 Å². The normalized spacial score (nSPS) is 16.6. The van der Waals surface area contributed by atoms with E-state index in [1.165, 1.54) is 0 Å². The molecule has 3 nitrogen and oxygen atoms in total. The van der Waals surface area contributed by atoms with Crippen LogP contribution in [0.5, 0.6) is 0 Å². The summed E-state index contributed by atoms with van der Waals surface area (Å²) in [7, 11) is 0. The Morgan fingerprint density at radius 1 is 1.22 bits per heavy atom. The van der Waals surface area contributed by atoms with Gasteiger partial charge in [0.05, 0.1) is 11.7 Å². The standard InChI is InChI=1S/C15H27N3/c1-5-12(4)18(7-3)15(13(16)6-2)14-10-8-9-11-17-14/h8-13,15H,5-7,16H2,1-4H3. The maximum atomic E-state index is 6.34. The maximum absolute atomic E-state index is 6.34. The molecular formula is C15H27N3. The lowest BCUT2D eigenvalue weighted by Crippen LogP contribution is -2.45. The van der Waals surface area contributed by atoms with E-state index >= 15 is 0 Å². The second-order valence-electron chi connectivity index (χ2n) is 4.86. The van der Waals surface area contributed by atoms with Crippen LogP contribution in [0.15, 0.2) is 24.4 Å². The summed E-state index contributed by atoms with van der Waals surface area (Å²) in [4.78, 5) is 6.98. The van der Waals surface area contributed by atoms with Crippen LogP contribution in [0.25, 0.3) is 0 Å². The Morgan fingerprint density at radius 3 is 2.39 bits per heavy atom. The first-order valence-corrected chi connectivity index (χ1v) is 7.07. The predicted octanol–water partition coefficient (Wildman–Crippen LogP) is 2.98. The molecule has 0 bridgehead atoms. The minimum Gasteiger partial charge on any atom is -0.326 e. The van der Waals surface area contributed by atoms with Crippen molar-refractivity contribution in [1.82, 2.24) is 9.88 Å². The zero-order valence-electron chi connectivity index (χ0n) is 12.1. The topological polar surface area (TPSA) is 42.1 Å². The quantitative estimate of drug-likeness (QED) is 0.808. The van der Waals surface area contributed by atoms with Gasteiger partial charge in [-0.05, 0) is 38.4 Å². The van der Waals surface area contributed by atoms with Crippen LogP contribution in [-0.2, 0) is 0 Å². The average Bonchev–Trinajstić information content (AvgIpc) is 2.43. The third-order valence-electron chi connectivity index (χ3n) is 3.75. The summed E-state index contributed by atoms with van der Waals surface area (Å²) < 4.78 is 0. The van der Waals surface area contributed by atoms with E-state index in [-0.39, 0.29) is 12.1 Å². The minimum atomic E-state index is 0.133. The Bertz CT molecular complexity index is 326. The van der Waals surface area contributed by atoms with Crippen molar-refractivity contribution in [2.45, 2.75) is 58.7 Å². The Labute approximate surface area is 111 Å². The zero-order valence-corrected chi connectivity index (χ0v) is 12.1. The molecule has 3 atom stereocenters. The fourth-order valence-electron chi connectivity index (χ4n) is 2.43. The summed E-state index contributed by atoms with van der Waals surface area (Å²) in [6.45, 7) is 9.83. The molecule has 0 spiro atoms. The number of nitrogens with two attached hydrogens (primary N) is 1. The van der Waals surface area contributed by atoms with Crippen molar-refractivity contribution in [3.8, 4) is 0 Å². The molecule has 1 rings (SSSR count). The summed E-state index contributed by atoms with van der Waals surface area (Å²) >= 11 is 0. The molecule has 3 heteroatoms. The Kier molecular flexibility index (Phi) is 6.30. The molecule has 2 N–H and O–H groups in total. The lowest BCUT2D eigenvalue weighted by Gasteiger charge is -2.38. The van der Waals surface area contributed by atoms with Gasteiger partial charge >= 0.3 is 0 Å². The zero-order chi connectivity index (χ0) is 13.5. The largest absolute Gasteiger partial charge is 0.326 e. The second kappa shape index (κ2) is 7.49. The van der Waals surface area contributed by atoms with E-state index in [0.717, 1.165) is 25.1 Å². The molecule has 0 aliphatic rings. The van der Waals surface area contributed by atoms with Gasteiger partial charge in [0.25, 0.3) is 0 Å². The Balaban J connectivity index is 3.04. The highest BCUT2D eigenvalue weighted by atomic mass is 15.2. The molecule has 18 heavy (non-hydrogen) atoms. The lowest BCUT2D eigenvalue weighted by molar-refractivity contribution is 0.123. The highest BCUT2D eigenvalue weighted by Gasteiger charge is 2.28. The molecular weight excluding hydrogens is 222 g/mol. The highest BCUT2D eigenvalue weighted by Crippen LogP contribution is 2.26. The monoisotopic (exact) mass is 249 g/mol. The summed E-state index contributed by atoms with van der Waals surface area (Å²) in [6.07, 6.45) is 3.96. The summed E-state index contributed by atoms with van der Waals surface area (Å²) in [5.74, 6) is 0. The van der Waals surface area contributed by atoms with Crippen LogP contribution in [0.1, 0.15) is 52.3 Å². The van der Waals surface area contributed by atoms with Gasteiger partial charge in [0.2, 0.25) is 0 Å². The molecule has 102 valence electrons. The van der Waals surface area contributed by atoms with Crippen molar-refractivity contribution in [2.24, 2.45) is 5.73 Å². The van der Waals surface area contributed by atoms with E-state index in [9.17, 15) is 0 Å². The van der Waals surface area contributed by atoms with Gasteiger partial charge in [-0.2, -0.15) is 0 Å². The first kappa shape index (κ1) is 15.1. The van der Waals surface area contributed by atoms with Crippen molar-refractivity contribution in [3.63, 3.8) is 0 Å². The minimum absolute atomic E-state index is 0.133. The molecule has 3 unspecified atom stereocenters. The second-order valence-corrected chi connectivity index (χ2v) is 4.86. The van der Waals surface area contributed by atoms with E-state index in [1.807, 2.05) is 18.3 Å². The van der Waals surface area contributed by atoms with Crippen LogP contribution >= 0.6 is 0 Å². The number of rotatable bonds is 7. The van der Waals surface area contributed by atoms with Gasteiger partial charge in [-0.15, -0.1) is 0 Å². The summed E-state index contributed by atoms with van der Waals surface area (Å²) in [5, 5.41) is 0. The fraction of sp³-hybridized carbons (Fsp3) is 0.667. The first-order valence-electron chi connectivity index (χ1n) is 7.07. The van der Waals surface area contributed by atoms with Gasteiger partial charge in [-0.3, -0.25) is 9.88 Å². The van der Waals surface area contributed by atoms with Crippen LogP contribution in [0.2, 0.25) is 0 Å². The fourth-order valence-corrected chi connectivity index (χ4v) is 2.43. The molecule has 0 saturated carbocycles. The highest BCUT2D eigenvalue weighted by molar-refractivity contribution is 5.12. The number of hydrogen-bond donors (Lipinski definition) is 1. The molecule has 0 fully saturated rings. The molecule has 0 radical (unpaired) electrons. The van der Waals surface area contributed by atoms with Crippen molar-refractivity contribution in [1.29, 1.82) is 0 Å². The summed E-state index contributed by atoms with van der Waals surface area (Å²) in [5.41, 5.74) is 7.43. The lowest BCUT2D eigenvalue weighted by atomic mass is 9.98. The number of hydrogen-bond acceptors (Lipinski definition) is 3. The number of nitrogens with zero attached hydrogens (tertiary/aromatic N) is 2. The van der Waals surface area contributed by atoms with Gasteiger partial charge in [0.1, 0.15) is 0 Å². The molecule has 0 amide bonds. The molecule has 0 aliphatic heterocycles. The van der Waals surface area contributed by atoms with Crippen molar-refractivity contribution in [3.05, 3.63) is 30.1 Å². The molecule has 0 saturated heterocycles. The first-order chi connectivity index (χ1) is 8.65. The predicted molar refractivity (Wildman–Crippen MR) is 77.4 cm³/mol.